The Labute approximate surface area is 147 Å². The minimum Gasteiger partial charge on any atom is -0.322 e. The second-order valence-corrected chi connectivity index (χ2v) is 6.27. The summed E-state index contributed by atoms with van der Waals surface area (Å²) in [5.41, 5.74) is 1.88. The van der Waals surface area contributed by atoms with E-state index in [0.29, 0.717) is 23.4 Å². The Morgan fingerprint density at radius 1 is 0.960 bits per heavy atom. The van der Waals surface area contributed by atoms with Crippen molar-refractivity contribution in [2.45, 2.75) is 0 Å². The summed E-state index contributed by atoms with van der Waals surface area (Å²) in [5.74, 6) is -0.0875. The first-order valence-electron chi connectivity index (χ1n) is 8.37. The summed E-state index contributed by atoms with van der Waals surface area (Å²) in [6.07, 6.45) is 3.16. The lowest BCUT2D eigenvalue weighted by molar-refractivity contribution is 0.0876. The van der Waals surface area contributed by atoms with Crippen molar-refractivity contribution >= 4 is 17.4 Å². The van der Waals surface area contributed by atoms with Crippen LogP contribution in [0.3, 0.4) is 0 Å². The van der Waals surface area contributed by atoms with Crippen molar-refractivity contribution in [3.63, 3.8) is 0 Å². The van der Waals surface area contributed by atoms with Gasteiger partial charge in [-0.3, -0.25) is 19.5 Å². The number of rotatable bonds is 5. The number of hydrogen-bond donors (Lipinski definition) is 1. The third-order valence-electron chi connectivity index (χ3n) is 4.37. The standard InChI is InChI=1S/C19H22N4O2/c1-22-10-12-23(13-11-22)14-18(24)15-2-4-17(5-3-15)21-19(25)16-6-8-20-9-7-16/h2-9H,10-14H2,1H3,(H,21,25). The minimum atomic E-state index is -0.195. The molecule has 0 aliphatic carbocycles. The van der Waals surface area contributed by atoms with E-state index in [1.165, 1.54) is 0 Å². The fourth-order valence-corrected chi connectivity index (χ4v) is 2.75. The zero-order valence-corrected chi connectivity index (χ0v) is 14.3. The summed E-state index contributed by atoms with van der Waals surface area (Å²) in [6.45, 7) is 4.27. The van der Waals surface area contributed by atoms with Gasteiger partial charge in [0.15, 0.2) is 5.78 Å². The molecule has 1 N–H and O–H groups in total. The highest BCUT2D eigenvalue weighted by atomic mass is 16.1. The molecule has 1 amide bonds. The van der Waals surface area contributed by atoms with Crippen LogP contribution < -0.4 is 5.32 Å². The van der Waals surface area contributed by atoms with Crippen LogP contribution in [-0.4, -0.2) is 66.2 Å². The fourth-order valence-electron chi connectivity index (χ4n) is 2.75. The van der Waals surface area contributed by atoms with Crippen LogP contribution in [0.4, 0.5) is 5.69 Å². The number of likely N-dealkylation sites (N-methyl/N-ethyl adjacent to an activating group) is 1. The van der Waals surface area contributed by atoms with Crippen LogP contribution >= 0.6 is 0 Å². The van der Waals surface area contributed by atoms with E-state index in [4.69, 9.17) is 0 Å². The monoisotopic (exact) mass is 338 g/mol. The second-order valence-electron chi connectivity index (χ2n) is 6.27. The van der Waals surface area contributed by atoms with Gasteiger partial charge in [0, 0.05) is 55.4 Å². The van der Waals surface area contributed by atoms with Gasteiger partial charge in [0.05, 0.1) is 6.54 Å². The van der Waals surface area contributed by atoms with E-state index in [1.807, 2.05) is 0 Å². The van der Waals surface area contributed by atoms with Crippen molar-refractivity contribution in [1.82, 2.24) is 14.8 Å². The van der Waals surface area contributed by atoms with E-state index in [9.17, 15) is 9.59 Å². The first-order valence-corrected chi connectivity index (χ1v) is 8.37. The number of benzene rings is 1. The maximum absolute atomic E-state index is 12.4. The Morgan fingerprint density at radius 3 is 2.24 bits per heavy atom. The minimum absolute atomic E-state index is 0.108. The van der Waals surface area contributed by atoms with E-state index in [0.717, 1.165) is 26.2 Å². The van der Waals surface area contributed by atoms with Crippen LogP contribution in [0.2, 0.25) is 0 Å². The van der Waals surface area contributed by atoms with Gasteiger partial charge in [0.1, 0.15) is 0 Å². The Bertz CT molecular complexity index is 723. The number of pyridine rings is 1. The molecule has 0 atom stereocenters. The highest BCUT2D eigenvalue weighted by molar-refractivity contribution is 6.04. The fraction of sp³-hybridized carbons (Fsp3) is 0.316. The molecule has 1 aromatic heterocycles. The molecule has 2 heterocycles. The van der Waals surface area contributed by atoms with Crippen LogP contribution in [0.15, 0.2) is 48.8 Å². The number of piperazine rings is 1. The Balaban J connectivity index is 1.56. The Kier molecular flexibility index (Phi) is 5.53. The zero-order valence-electron chi connectivity index (χ0n) is 14.3. The maximum Gasteiger partial charge on any atom is 0.255 e. The van der Waals surface area contributed by atoms with Gasteiger partial charge in [-0.15, -0.1) is 0 Å². The number of anilines is 1. The van der Waals surface area contributed by atoms with E-state index < -0.39 is 0 Å². The zero-order chi connectivity index (χ0) is 17.6. The molecule has 1 saturated heterocycles. The summed E-state index contributed by atoms with van der Waals surface area (Å²) >= 11 is 0. The SMILES string of the molecule is CN1CCN(CC(=O)c2ccc(NC(=O)c3ccncc3)cc2)CC1. The molecule has 0 spiro atoms. The largest absolute Gasteiger partial charge is 0.322 e. The highest BCUT2D eigenvalue weighted by Crippen LogP contribution is 2.12. The molecule has 0 radical (unpaired) electrons. The molecular formula is C19H22N4O2. The van der Waals surface area contributed by atoms with Gasteiger partial charge in [-0.1, -0.05) is 0 Å². The van der Waals surface area contributed by atoms with Crippen molar-refractivity contribution in [3.8, 4) is 0 Å². The highest BCUT2D eigenvalue weighted by Gasteiger charge is 2.17. The van der Waals surface area contributed by atoms with Gasteiger partial charge >= 0.3 is 0 Å². The first-order chi connectivity index (χ1) is 12.1. The molecule has 1 fully saturated rings. The van der Waals surface area contributed by atoms with Crippen molar-refractivity contribution in [1.29, 1.82) is 0 Å². The van der Waals surface area contributed by atoms with Crippen molar-refractivity contribution < 1.29 is 9.59 Å². The molecule has 0 bridgehead atoms. The molecule has 6 heteroatoms. The normalized spacial score (nSPS) is 15.7. The summed E-state index contributed by atoms with van der Waals surface area (Å²) in [6, 6.07) is 10.4. The third-order valence-corrected chi connectivity index (χ3v) is 4.37. The molecule has 3 rings (SSSR count). The topological polar surface area (TPSA) is 65.5 Å². The number of carbonyl (C=O) groups excluding carboxylic acids is 2. The quantitative estimate of drug-likeness (QED) is 0.842. The van der Waals surface area contributed by atoms with Crippen LogP contribution in [0, 0.1) is 0 Å². The van der Waals surface area contributed by atoms with Crippen molar-refractivity contribution in [2.75, 3.05) is 45.1 Å². The summed E-state index contributed by atoms with van der Waals surface area (Å²) in [4.78, 5) is 32.8. The predicted octanol–water partition coefficient (Wildman–Crippen LogP) is 1.76. The van der Waals surface area contributed by atoms with Crippen LogP contribution in [0.5, 0.6) is 0 Å². The van der Waals surface area contributed by atoms with Gasteiger partial charge in [-0.2, -0.15) is 0 Å². The molecule has 6 nitrogen and oxygen atoms in total. The lowest BCUT2D eigenvalue weighted by atomic mass is 10.1. The van der Waals surface area contributed by atoms with Gasteiger partial charge in [0.2, 0.25) is 0 Å². The smallest absolute Gasteiger partial charge is 0.255 e. The van der Waals surface area contributed by atoms with E-state index in [-0.39, 0.29) is 11.7 Å². The molecule has 0 unspecified atom stereocenters. The van der Waals surface area contributed by atoms with Crippen molar-refractivity contribution in [2.24, 2.45) is 0 Å². The van der Waals surface area contributed by atoms with Gasteiger partial charge < -0.3 is 10.2 Å². The van der Waals surface area contributed by atoms with E-state index in [2.05, 4.69) is 27.1 Å². The Hall–Kier alpha value is -2.57. The molecule has 1 aromatic carbocycles. The van der Waals surface area contributed by atoms with Gasteiger partial charge in [-0.25, -0.2) is 0 Å². The molecule has 1 aliphatic rings. The van der Waals surface area contributed by atoms with Crippen LogP contribution in [-0.2, 0) is 0 Å². The average molecular weight is 338 g/mol. The van der Waals surface area contributed by atoms with E-state index in [1.54, 1.807) is 48.8 Å². The molecule has 130 valence electrons. The maximum atomic E-state index is 12.4. The molecular weight excluding hydrogens is 316 g/mol. The van der Waals surface area contributed by atoms with Crippen molar-refractivity contribution in [3.05, 3.63) is 59.9 Å². The number of carbonyl (C=O) groups is 2. The van der Waals surface area contributed by atoms with E-state index >= 15 is 0 Å². The molecule has 25 heavy (non-hydrogen) atoms. The summed E-state index contributed by atoms with van der Waals surface area (Å²) in [7, 11) is 2.10. The average Bonchev–Trinajstić information content (AvgIpc) is 2.65. The number of aromatic nitrogens is 1. The lowest BCUT2D eigenvalue weighted by Crippen LogP contribution is -2.46. The molecule has 0 saturated carbocycles. The van der Waals surface area contributed by atoms with Crippen LogP contribution in [0.1, 0.15) is 20.7 Å². The lowest BCUT2D eigenvalue weighted by Gasteiger charge is -2.31. The molecule has 2 aromatic rings. The summed E-state index contributed by atoms with van der Waals surface area (Å²) < 4.78 is 0. The number of nitrogens with zero attached hydrogens (tertiary/aromatic N) is 3. The third kappa shape index (κ3) is 4.71. The number of ketones is 1. The number of amides is 1. The van der Waals surface area contributed by atoms with Crippen LogP contribution in [0.25, 0.3) is 0 Å². The Morgan fingerprint density at radius 2 is 1.60 bits per heavy atom. The number of hydrogen-bond acceptors (Lipinski definition) is 5. The van der Waals surface area contributed by atoms with Gasteiger partial charge in [0.25, 0.3) is 5.91 Å². The van der Waals surface area contributed by atoms with Gasteiger partial charge in [-0.05, 0) is 43.4 Å². The second kappa shape index (κ2) is 8.00. The summed E-state index contributed by atoms with van der Waals surface area (Å²) in [5, 5.41) is 2.82. The number of nitrogens with one attached hydrogen (secondary N) is 1. The molecule has 1 aliphatic heterocycles. The number of Topliss-reactive ketones (excluding diaryl/α,β-unsaturated/α-hetero) is 1. The first kappa shape index (κ1) is 17.3. The predicted molar refractivity (Wildman–Crippen MR) is 96.9 cm³/mol.